The van der Waals surface area contributed by atoms with Crippen LogP contribution >= 0.6 is 0 Å². The lowest BCUT2D eigenvalue weighted by molar-refractivity contribution is 0.170. The Balaban J connectivity index is 2.62. The molecule has 0 aliphatic carbocycles. The van der Waals surface area contributed by atoms with E-state index in [4.69, 9.17) is 5.73 Å². The van der Waals surface area contributed by atoms with Gasteiger partial charge in [0.1, 0.15) is 0 Å². The first-order valence-corrected chi connectivity index (χ1v) is 6.96. The maximum atomic E-state index is 11.9. The lowest BCUT2D eigenvalue weighted by atomic mass is 10.2. The predicted octanol–water partition coefficient (Wildman–Crippen LogP) is -0.699. The van der Waals surface area contributed by atoms with Crippen LogP contribution in [0.15, 0.2) is 0 Å². The summed E-state index contributed by atoms with van der Waals surface area (Å²) in [7, 11) is -1.08. The number of rotatable bonds is 4. The number of piperazine rings is 1. The topological polar surface area (TPSA) is 66.6 Å². The third kappa shape index (κ3) is 3.41. The van der Waals surface area contributed by atoms with E-state index >= 15 is 0 Å². The van der Waals surface area contributed by atoms with Crippen molar-refractivity contribution in [2.45, 2.75) is 19.4 Å². The van der Waals surface area contributed by atoms with Crippen molar-refractivity contribution < 1.29 is 8.42 Å². The molecule has 0 aromatic rings. The molecule has 5 nitrogen and oxygen atoms in total. The number of likely N-dealkylation sites (N-methyl/N-ethyl adjacent to an activating group) is 1. The quantitative estimate of drug-likeness (QED) is 0.700. The van der Waals surface area contributed by atoms with E-state index in [1.165, 1.54) is 0 Å². The van der Waals surface area contributed by atoms with Gasteiger partial charge in [0.2, 0.25) is 10.0 Å². The monoisotopic (exact) mass is 235 g/mol. The second-order valence-electron chi connectivity index (χ2n) is 4.18. The zero-order valence-electron chi connectivity index (χ0n) is 9.52. The van der Waals surface area contributed by atoms with Crippen LogP contribution in [0, 0.1) is 0 Å². The SMILES string of the molecule is CC1CN(C)CCN1S(=O)(=O)CCCN. The Labute approximate surface area is 92.3 Å². The van der Waals surface area contributed by atoms with Gasteiger partial charge >= 0.3 is 0 Å². The number of hydrogen-bond acceptors (Lipinski definition) is 4. The van der Waals surface area contributed by atoms with Crippen LogP contribution in [0.25, 0.3) is 0 Å². The summed E-state index contributed by atoms with van der Waals surface area (Å²) in [6, 6.07) is 0.0755. The van der Waals surface area contributed by atoms with Gasteiger partial charge in [-0.1, -0.05) is 0 Å². The molecule has 1 fully saturated rings. The normalized spacial score (nSPS) is 25.7. The Kier molecular flexibility index (Phi) is 4.51. The summed E-state index contributed by atoms with van der Waals surface area (Å²) in [5, 5.41) is 0. The number of hydrogen-bond donors (Lipinski definition) is 1. The van der Waals surface area contributed by atoms with Crippen molar-refractivity contribution in [2.75, 3.05) is 39.0 Å². The molecular weight excluding hydrogens is 214 g/mol. The first kappa shape index (κ1) is 12.9. The average molecular weight is 235 g/mol. The summed E-state index contributed by atoms with van der Waals surface area (Å²) >= 11 is 0. The minimum absolute atomic E-state index is 0.0755. The summed E-state index contributed by atoms with van der Waals surface area (Å²) in [4.78, 5) is 2.15. The van der Waals surface area contributed by atoms with Gasteiger partial charge in [0.25, 0.3) is 0 Å². The fraction of sp³-hybridized carbons (Fsp3) is 1.00. The molecule has 6 heteroatoms. The highest BCUT2D eigenvalue weighted by Gasteiger charge is 2.30. The predicted molar refractivity (Wildman–Crippen MR) is 61.1 cm³/mol. The molecule has 0 aromatic heterocycles. The Morgan fingerprint density at radius 2 is 2.07 bits per heavy atom. The van der Waals surface area contributed by atoms with Gasteiger partial charge in [0, 0.05) is 25.7 Å². The molecule has 1 saturated heterocycles. The Morgan fingerprint density at radius 1 is 1.40 bits per heavy atom. The minimum atomic E-state index is -3.09. The molecule has 1 rings (SSSR count). The van der Waals surface area contributed by atoms with Crippen LogP contribution in [0.2, 0.25) is 0 Å². The number of nitrogens with two attached hydrogens (primary N) is 1. The van der Waals surface area contributed by atoms with Gasteiger partial charge in [-0.05, 0) is 26.9 Å². The van der Waals surface area contributed by atoms with Gasteiger partial charge in [-0.3, -0.25) is 0 Å². The van der Waals surface area contributed by atoms with Gasteiger partial charge < -0.3 is 10.6 Å². The van der Waals surface area contributed by atoms with Crippen LogP contribution in [0.1, 0.15) is 13.3 Å². The highest BCUT2D eigenvalue weighted by molar-refractivity contribution is 7.89. The van der Waals surface area contributed by atoms with E-state index in [9.17, 15) is 8.42 Å². The van der Waals surface area contributed by atoms with Gasteiger partial charge in [-0.15, -0.1) is 0 Å². The standard InChI is InChI=1S/C9H21N3O2S/c1-9-8-11(2)5-6-12(9)15(13,14)7-3-4-10/h9H,3-8,10H2,1-2H3. The van der Waals surface area contributed by atoms with E-state index in [1.54, 1.807) is 4.31 Å². The second-order valence-corrected chi connectivity index (χ2v) is 6.22. The van der Waals surface area contributed by atoms with Crippen LogP contribution in [0.4, 0.5) is 0 Å². The maximum Gasteiger partial charge on any atom is 0.214 e. The molecule has 1 heterocycles. The molecule has 1 atom stereocenters. The van der Waals surface area contributed by atoms with E-state index in [0.717, 1.165) is 13.1 Å². The third-order valence-corrected chi connectivity index (χ3v) is 4.79. The van der Waals surface area contributed by atoms with Crippen molar-refractivity contribution in [2.24, 2.45) is 5.73 Å². The molecule has 0 amide bonds. The number of sulfonamides is 1. The third-order valence-electron chi connectivity index (χ3n) is 2.73. The summed E-state index contributed by atoms with van der Waals surface area (Å²) in [6.45, 7) is 4.61. The van der Waals surface area contributed by atoms with Gasteiger partial charge in [0.05, 0.1) is 5.75 Å². The van der Waals surface area contributed by atoms with E-state index in [2.05, 4.69) is 4.90 Å². The smallest absolute Gasteiger partial charge is 0.214 e. The lowest BCUT2D eigenvalue weighted by Crippen LogP contribution is -2.53. The second kappa shape index (κ2) is 5.25. The van der Waals surface area contributed by atoms with E-state index in [-0.39, 0.29) is 11.8 Å². The largest absolute Gasteiger partial charge is 0.330 e. The fourth-order valence-electron chi connectivity index (χ4n) is 1.92. The molecule has 0 radical (unpaired) electrons. The average Bonchev–Trinajstić information content (AvgIpc) is 2.14. The maximum absolute atomic E-state index is 11.9. The van der Waals surface area contributed by atoms with Gasteiger partial charge in [-0.2, -0.15) is 4.31 Å². The van der Waals surface area contributed by atoms with Crippen LogP contribution in [0.3, 0.4) is 0 Å². The lowest BCUT2D eigenvalue weighted by Gasteiger charge is -2.37. The Hall–Kier alpha value is -0.170. The van der Waals surface area contributed by atoms with Crippen LogP contribution < -0.4 is 5.73 Å². The minimum Gasteiger partial charge on any atom is -0.330 e. The molecule has 1 aliphatic rings. The molecule has 0 saturated carbocycles. The summed E-state index contributed by atoms with van der Waals surface area (Å²) in [6.07, 6.45) is 0.543. The van der Waals surface area contributed by atoms with E-state index in [1.807, 2.05) is 14.0 Å². The first-order chi connectivity index (χ1) is 6.97. The molecule has 0 bridgehead atoms. The molecule has 1 aliphatic heterocycles. The van der Waals surface area contributed by atoms with Gasteiger partial charge in [-0.25, -0.2) is 8.42 Å². The molecule has 0 spiro atoms. The molecule has 0 aromatic carbocycles. The van der Waals surface area contributed by atoms with E-state index < -0.39 is 10.0 Å². The van der Waals surface area contributed by atoms with Crippen molar-refractivity contribution in [1.29, 1.82) is 0 Å². The zero-order valence-corrected chi connectivity index (χ0v) is 10.3. The highest BCUT2D eigenvalue weighted by Crippen LogP contribution is 2.13. The molecule has 90 valence electrons. The Bertz CT molecular complexity index is 292. The van der Waals surface area contributed by atoms with Crippen molar-refractivity contribution in [1.82, 2.24) is 9.21 Å². The van der Waals surface area contributed by atoms with Gasteiger partial charge in [0.15, 0.2) is 0 Å². The van der Waals surface area contributed by atoms with E-state index in [0.29, 0.717) is 19.5 Å². The van der Waals surface area contributed by atoms with Crippen LogP contribution in [0.5, 0.6) is 0 Å². The fourth-order valence-corrected chi connectivity index (χ4v) is 3.66. The molecular formula is C9H21N3O2S. The summed E-state index contributed by atoms with van der Waals surface area (Å²) in [5.41, 5.74) is 5.33. The Morgan fingerprint density at radius 3 is 2.60 bits per heavy atom. The van der Waals surface area contributed by atoms with Crippen molar-refractivity contribution in [3.63, 3.8) is 0 Å². The highest BCUT2D eigenvalue weighted by atomic mass is 32.2. The van der Waals surface area contributed by atoms with Crippen LogP contribution in [-0.2, 0) is 10.0 Å². The number of nitrogens with zero attached hydrogens (tertiary/aromatic N) is 2. The molecule has 1 unspecified atom stereocenters. The molecule has 15 heavy (non-hydrogen) atoms. The van der Waals surface area contributed by atoms with Crippen molar-refractivity contribution in [3.05, 3.63) is 0 Å². The summed E-state index contributed by atoms with van der Waals surface area (Å²) < 4.78 is 25.4. The zero-order chi connectivity index (χ0) is 11.5. The summed E-state index contributed by atoms with van der Waals surface area (Å²) in [5.74, 6) is 0.178. The molecule has 2 N–H and O–H groups in total. The van der Waals surface area contributed by atoms with Crippen LogP contribution in [-0.4, -0.2) is 62.6 Å². The van der Waals surface area contributed by atoms with Crippen molar-refractivity contribution >= 4 is 10.0 Å². The van der Waals surface area contributed by atoms with Crippen molar-refractivity contribution in [3.8, 4) is 0 Å². The first-order valence-electron chi connectivity index (χ1n) is 5.35.